The topological polar surface area (TPSA) is 67.6 Å². The van der Waals surface area contributed by atoms with Crippen LogP contribution in [0.4, 0.5) is 10.1 Å². The summed E-state index contributed by atoms with van der Waals surface area (Å²) in [6.45, 7) is 5.56. The third-order valence-electron chi connectivity index (χ3n) is 4.70. The molecule has 0 bridgehead atoms. The predicted molar refractivity (Wildman–Crippen MR) is 107 cm³/mol. The molecule has 27 heavy (non-hydrogen) atoms. The molecule has 5 nitrogen and oxygen atoms in total. The number of rotatable bonds is 6. The molecule has 3 rings (SSSR count). The average molecular weight is 436 g/mol. The third kappa shape index (κ3) is 4.86. The van der Waals surface area contributed by atoms with Gasteiger partial charge in [-0.05, 0) is 24.6 Å². The van der Waals surface area contributed by atoms with Crippen molar-refractivity contribution >= 4 is 27.5 Å². The zero-order valence-electron chi connectivity index (χ0n) is 15.2. The van der Waals surface area contributed by atoms with Gasteiger partial charge in [-0.1, -0.05) is 45.8 Å². The van der Waals surface area contributed by atoms with Crippen LogP contribution in [0.25, 0.3) is 0 Å². The van der Waals surface area contributed by atoms with Gasteiger partial charge in [0.2, 0.25) is 0 Å². The number of carbonyl (C=O) groups is 1. The number of halogens is 2. The summed E-state index contributed by atoms with van der Waals surface area (Å²) in [7, 11) is 0. The Kier molecular flexibility index (Phi) is 6.46. The lowest BCUT2D eigenvalue weighted by molar-refractivity contribution is 0.0187. The number of morpholine rings is 1. The summed E-state index contributed by atoms with van der Waals surface area (Å²) in [5.74, 6) is -1.43. The third-order valence-corrected chi connectivity index (χ3v) is 5.16. The molecule has 2 aromatic rings. The fraction of sp³-hybridized carbons (Fsp3) is 0.350. The minimum Gasteiger partial charge on any atom is -0.382 e. The van der Waals surface area contributed by atoms with Gasteiger partial charge in [0, 0.05) is 24.1 Å². The van der Waals surface area contributed by atoms with Gasteiger partial charge in [0.05, 0.1) is 30.5 Å². The van der Waals surface area contributed by atoms with Crippen molar-refractivity contribution in [1.29, 1.82) is 0 Å². The normalized spacial score (nSPS) is 16.1. The van der Waals surface area contributed by atoms with Crippen molar-refractivity contribution in [2.24, 2.45) is 5.73 Å². The van der Waals surface area contributed by atoms with E-state index in [2.05, 4.69) is 51.3 Å². The number of anilines is 1. The van der Waals surface area contributed by atoms with Gasteiger partial charge in [-0.3, -0.25) is 9.69 Å². The monoisotopic (exact) mass is 435 g/mol. The van der Waals surface area contributed by atoms with E-state index in [1.165, 1.54) is 17.2 Å². The van der Waals surface area contributed by atoms with E-state index in [4.69, 9.17) is 10.5 Å². The Labute approximate surface area is 166 Å². The highest BCUT2D eigenvalue weighted by molar-refractivity contribution is 9.10. The fourth-order valence-electron chi connectivity index (χ4n) is 3.39. The van der Waals surface area contributed by atoms with E-state index in [9.17, 15) is 9.18 Å². The number of aryl methyl sites for hydroxylation is 1. The standard InChI is InChI=1S/C20H23BrFN3O2/c1-13-3-2-4-14(9-13)18(25-5-7-27-8-6-25)12-24-17-11-15(21)10-16(22)19(17)20(23)26/h2-4,9-11,18,24H,5-8,12H2,1H3,(H2,23,26). The Morgan fingerprint density at radius 2 is 2.07 bits per heavy atom. The predicted octanol–water partition coefficient (Wildman–Crippen LogP) is 3.48. The van der Waals surface area contributed by atoms with E-state index in [1.54, 1.807) is 6.07 Å². The SMILES string of the molecule is Cc1cccc(C(CNc2cc(Br)cc(F)c2C(N)=O)N2CCOCC2)c1. The molecular formula is C20H23BrFN3O2. The fourth-order valence-corrected chi connectivity index (χ4v) is 3.82. The molecule has 0 saturated carbocycles. The Balaban J connectivity index is 1.88. The maximum Gasteiger partial charge on any atom is 0.253 e. The van der Waals surface area contributed by atoms with Crippen molar-refractivity contribution in [3.05, 3.63) is 63.4 Å². The summed E-state index contributed by atoms with van der Waals surface area (Å²) in [6.07, 6.45) is 0. The first-order valence-electron chi connectivity index (χ1n) is 8.87. The summed E-state index contributed by atoms with van der Waals surface area (Å²) < 4.78 is 20.2. The first kappa shape index (κ1) is 19.8. The number of hydrogen-bond donors (Lipinski definition) is 2. The van der Waals surface area contributed by atoms with Crippen molar-refractivity contribution in [3.8, 4) is 0 Å². The molecular weight excluding hydrogens is 413 g/mol. The van der Waals surface area contributed by atoms with Crippen LogP contribution in [0.2, 0.25) is 0 Å². The minimum atomic E-state index is -0.791. The van der Waals surface area contributed by atoms with Gasteiger partial charge in [0.15, 0.2) is 0 Å². The lowest BCUT2D eigenvalue weighted by Crippen LogP contribution is -2.41. The quantitative estimate of drug-likeness (QED) is 0.728. The molecule has 1 unspecified atom stereocenters. The number of amides is 1. The van der Waals surface area contributed by atoms with Crippen molar-refractivity contribution in [1.82, 2.24) is 4.90 Å². The number of nitrogens with zero attached hydrogens (tertiary/aromatic N) is 1. The number of hydrogen-bond acceptors (Lipinski definition) is 4. The molecule has 2 aromatic carbocycles. The Morgan fingerprint density at radius 1 is 1.33 bits per heavy atom. The summed E-state index contributed by atoms with van der Waals surface area (Å²) in [5, 5.41) is 3.24. The van der Waals surface area contributed by atoms with Crippen LogP contribution in [-0.4, -0.2) is 43.7 Å². The molecule has 144 valence electrons. The second kappa shape index (κ2) is 8.82. The van der Waals surface area contributed by atoms with E-state index < -0.39 is 11.7 Å². The second-order valence-corrected chi connectivity index (χ2v) is 7.55. The molecule has 1 aliphatic heterocycles. The molecule has 3 N–H and O–H groups in total. The maximum atomic E-state index is 14.2. The van der Waals surface area contributed by atoms with E-state index in [1.807, 2.05) is 6.07 Å². The van der Waals surface area contributed by atoms with E-state index in [0.717, 1.165) is 13.1 Å². The smallest absolute Gasteiger partial charge is 0.253 e. The molecule has 1 amide bonds. The molecule has 1 fully saturated rings. The zero-order valence-corrected chi connectivity index (χ0v) is 16.8. The molecule has 1 aliphatic rings. The van der Waals surface area contributed by atoms with Crippen LogP contribution in [0.5, 0.6) is 0 Å². The lowest BCUT2D eigenvalue weighted by Gasteiger charge is -2.35. The molecule has 0 spiro atoms. The van der Waals surface area contributed by atoms with Crippen LogP contribution >= 0.6 is 15.9 Å². The van der Waals surface area contributed by atoms with Crippen molar-refractivity contribution in [2.45, 2.75) is 13.0 Å². The molecule has 1 atom stereocenters. The number of primary amides is 1. The van der Waals surface area contributed by atoms with E-state index in [-0.39, 0.29) is 11.6 Å². The van der Waals surface area contributed by atoms with Gasteiger partial charge in [-0.15, -0.1) is 0 Å². The van der Waals surface area contributed by atoms with Gasteiger partial charge in [-0.2, -0.15) is 0 Å². The minimum absolute atomic E-state index is 0.0663. The summed E-state index contributed by atoms with van der Waals surface area (Å²) in [6, 6.07) is 11.3. The molecule has 0 aromatic heterocycles. The molecule has 7 heteroatoms. The van der Waals surface area contributed by atoms with E-state index in [0.29, 0.717) is 29.9 Å². The number of nitrogens with two attached hydrogens (primary N) is 1. The van der Waals surface area contributed by atoms with Gasteiger partial charge in [0.1, 0.15) is 5.82 Å². The van der Waals surface area contributed by atoms with E-state index >= 15 is 0 Å². The highest BCUT2D eigenvalue weighted by Gasteiger charge is 2.24. The van der Waals surface area contributed by atoms with Crippen LogP contribution in [0.15, 0.2) is 40.9 Å². The van der Waals surface area contributed by atoms with Crippen LogP contribution in [0, 0.1) is 12.7 Å². The van der Waals surface area contributed by atoms with Crippen molar-refractivity contribution < 1.29 is 13.9 Å². The van der Waals surface area contributed by atoms with Gasteiger partial charge >= 0.3 is 0 Å². The van der Waals surface area contributed by atoms with Gasteiger partial charge in [0.25, 0.3) is 5.91 Å². The zero-order chi connectivity index (χ0) is 19.4. The molecule has 0 radical (unpaired) electrons. The number of carbonyl (C=O) groups excluding carboxylic acids is 1. The molecule has 1 heterocycles. The van der Waals surface area contributed by atoms with Crippen LogP contribution in [0.3, 0.4) is 0 Å². The number of benzene rings is 2. The highest BCUT2D eigenvalue weighted by atomic mass is 79.9. The largest absolute Gasteiger partial charge is 0.382 e. The second-order valence-electron chi connectivity index (χ2n) is 6.63. The summed E-state index contributed by atoms with van der Waals surface area (Å²) >= 11 is 3.28. The van der Waals surface area contributed by atoms with Crippen LogP contribution in [-0.2, 0) is 4.74 Å². The maximum absolute atomic E-state index is 14.2. The van der Waals surface area contributed by atoms with Crippen molar-refractivity contribution in [3.63, 3.8) is 0 Å². The lowest BCUT2D eigenvalue weighted by atomic mass is 10.0. The average Bonchev–Trinajstić information content (AvgIpc) is 2.62. The highest BCUT2D eigenvalue weighted by Crippen LogP contribution is 2.28. The summed E-state index contributed by atoms with van der Waals surface area (Å²) in [4.78, 5) is 14.1. The Hall–Kier alpha value is -1.96. The first-order valence-corrected chi connectivity index (χ1v) is 9.66. The number of ether oxygens (including phenoxy) is 1. The number of nitrogens with one attached hydrogen (secondary N) is 1. The Morgan fingerprint density at radius 3 is 2.74 bits per heavy atom. The first-order chi connectivity index (χ1) is 13.0. The van der Waals surface area contributed by atoms with Crippen LogP contribution < -0.4 is 11.1 Å². The molecule has 1 saturated heterocycles. The van der Waals surface area contributed by atoms with Crippen molar-refractivity contribution in [2.75, 3.05) is 38.2 Å². The summed E-state index contributed by atoms with van der Waals surface area (Å²) in [5.41, 5.74) is 8.00. The molecule has 0 aliphatic carbocycles. The van der Waals surface area contributed by atoms with Gasteiger partial charge < -0.3 is 15.8 Å². The Bertz CT molecular complexity index is 825. The van der Waals surface area contributed by atoms with Crippen LogP contribution in [0.1, 0.15) is 27.5 Å². The van der Waals surface area contributed by atoms with Gasteiger partial charge in [-0.25, -0.2) is 4.39 Å².